The summed E-state index contributed by atoms with van der Waals surface area (Å²) >= 11 is 0. The molecule has 0 saturated heterocycles. The predicted octanol–water partition coefficient (Wildman–Crippen LogP) is 3.54. The molecule has 0 atom stereocenters. The molecule has 13 heteroatoms. The number of nitrogens with one attached hydrogen (secondary N) is 2. The molecule has 180 valence electrons. The maximum absolute atomic E-state index is 15.6. The molecule has 5 rings (SSSR count). The first-order valence-corrected chi connectivity index (χ1v) is 12.0. The van der Waals surface area contributed by atoms with Gasteiger partial charge in [0.25, 0.3) is 0 Å². The lowest BCUT2D eigenvalue weighted by atomic mass is 9.98. The topological polar surface area (TPSA) is 150 Å². The highest BCUT2D eigenvalue weighted by Crippen LogP contribution is 2.35. The van der Waals surface area contributed by atoms with E-state index in [1.165, 1.54) is 25.4 Å². The second-order valence-electron chi connectivity index (χ2n) is 7.57. The molecule has 0 aliphatic rings. The fourth-order valence-electron chi connectivity index (χ4n) is 3.84. The van der Waals surface area contributed by atoms with Crippen molar-refractivity contribution >= 4 is 20.7 Å². The van der Waals surface area contributed by atoms with Crippen molar-refractivity contribution in [1.82, 2.24) is 30.1 Å². The van der Waals surface area contributed by atoms with Crippen LogP contribution in [0, 0.1) is 23.0 Å². The summed E-state index contributed by atoms with van der Waals surface area (Å²) in [7, 11) is -3.04. The van der Waals surface area contributed by atoms with E-state index in [0.29, 0.717) is 16.9 Å². The zero-order chi connectivity index (χ0) is 25.4. The second-order valence-corrected chi connectivity index (χ2v) is 9.53. The van der Waals surface area contributed by atoms with Gasteiger partial charge in [0, 0.05) is 35.1 Å². The van der Waals surface area contributed by atoms with E-state index in [-0.39, 0.29) is 33.8 Å². The van der Waals surface area contributed by atoms with Crippen molar-refractivity contribution in [1.29, 1.82) is 5.26 Å². The lowest BCUT2D eigenvalue weighted by Crippen LogP contribution is -2.11. The van der Waals surface area contributed by atoms with E-state index >= 15 is 4.39 Å². The van der Waals surface area contributed by atoms with Gasteiger partial charge in [-0.3, -0.25) is 10.1 Å². The molecule has 2 N–H and O–H groups in total. The molecule has 0 spiro atoms. The summed E-state index contributed by atoms with van der Waals surface area (Å²) < 4.78 is 60.4. The molecule has 10 nitrogen and oxygen atoms in total. The molecule has 0 radical (unpaired) electrons. The van der Waals surface area contributed by atoms with Crippen molar-refractivity contribution in [2.45, 2.75) is 10.6 Å². The van der Waals surface area contributed by atoms with Crippen LogP contribution >= 0.6 is 0 Å². The van der Waals surface area contributed by atoms with Crippen molar-refractivity contribution < 1.29 is 21.9 Å². The van der Waals surface area contributed by atoms with E-state index in [1.807, 2.05) is 6.07 Å². The number of hydrogen-bond acceptors (Lipinski definition) is 8. The predicted molar refractivity (Wildman–Crippen MR) is 123 cm³/mol. The molecule has 0 fully saturated rings. The molecule has 0 unspecified atom stereocenters. The number of imidazole rings is 1. The molecule has 4 aromatic heterocycles. The van der Waals surface area contributed by atoms with Gasteiger partial charge < -0.3 is 9.72 Å². The number of hydrogen-bond donors (Lipinski definition) is 2. The fraction of sp³-hybridized carbons (Fsp3) is 0.0870. The van der Waals surface area contributed by atoms with Gasteiger partial charge in [0.2, 0.25) is 5.88 Å². The quantitative estimate of drug-likeness (QED) is 0.354. The van der Waals surface area contributed by atoms with Crippen LogP contribution in [-0.2, 0) is 15.6 Å². The summed E-state index contributed by atoms with van der Waals surface area (Å²) in [5.41, 5.74) is 0.375. The van der Waals surface area contributed by atoms with Crippen molar-refractivity contribution in [3.8, 4) is 34.6 Å². The summed E-state index contributed by atoms with van der Waals surface area (Å²) in [5, 5.41) is 17.1. The number of H-pyrrole nitrogens is 2. The highest BCUT2D eigenvalue weighted by atomic mass is 32.2. The summed E-state index contributed by atoms with van der Waals surface area (Å²) in [6.07, 6.45) is 5.26. The molecule has 0 aliphatic carbocycles. The third-order valence-corrected chi connectivity index (χ3v) is 7.09. The summed E-state index contributed by atoms with van der Waals surface area (Å²) in [5.74, 6) is -2.18. The van der Waals surface area contributed by atoms with Crippen molar-refractivity contribution in [2.24, 2.45) is 0 Å². The van der Waals surface area contributed by atoms with E-state index in [1.54, 1.807) is 18.5 Å². The van der Waals surface area contributed by atoms with Gasteiger partial charge in [-0.25, -0.2) is 27.2 Å². The number of aromatic amines is 2. The Hall–Kier alpha value is -4.70. The monoisotopic (exact) mass is 507 g/mol. The molecule has 0 amide bonds. The molecular formula is C23H15F2N7O3S. The minimum Gasteiger partial charge on any atom is -0.480 e. The highest BCUT2D eigenvalue weighted by molar-refractivity contribution is 7.90. The maximum atomic E-state index is 15.6. The van der Waals surface area contributed by atoms with Gasteiger partial charge in [0.15, 0.2) is 21.5 Å². The number of nitrogens with zero attached hydrogens (tertiary/aromatic N) is 5. The summed E-state index contributed by atoms with van der Waals surface area (Å²) in [6, 6.07) is 7.19. The normalized spacial score (nSPS) is 11.5. The molecular weight excluding hydrogens is 492 g/mol. The number of aromatic nitrogens is 6. The number of sulfone groups is 1. The van der Waals surface area contributed by atoms with Crippen LogP contribution < -0.4 is 4.74 Å². The van der Waals surface area contributed by atoms with Crippen LogP contribution in [0.3, 0.4) is 0 Å². The van der Waals surface area contributed by atoms with Crippen molar-refractivity contribution in [3.63, 3.8) is 0 Å². The largest absolute Gasteiger partial charge is 0.480 e. The Bertz CT molecular complexity index is 1760. The Balaban J connectivity index is 1.60. The number of rotatable bonds is 6. The van der Waals surface area contributed by atoms with Gasteiger partial charge in [-0.2, -0.15) is 10.4 Å². The van der Waals surface area contributed by atoms with Crippen LogP contribution in [0.1, 0.15) is 11.3 Å². The van der Waals surface area contributed by atoms with Gasteiger partial charge in [0.05, 0.1) is 30.3 Å². The zero-order valence-electron chi connectivity index (χ0n) is 18.5. The molecule has 5 aromatic rings. The highest BCUT2D eigenvalue weighted by Gasteiger charge is 2.26. The van der Waals surface area contributed by atoms with E-state index in [9.17, 15) is 18.1 Å². The average Bonchev–Trinajstić information content (AvgIpc) is 3.54. The Labute approximate surface area is 202 Å². The number of halogens is 2. The van der Waals surface area contributed by atoms with Crippen LogP contribution in [0.15, 0.2) is 53.9 Å². The fourth-order valence-corrected chi connectivity index (χ4v) is 5.27. The maximum Gasteiger partial charge on any atom is 0.232 e. The van der Waals surface area contributed by atoms with E-state index < -0.39 is 32.1 Å². The number of methoxy groups -OCH3 is 1. The van der Waals surface area contributed by atoms with E-state index in [4.69, 9.17) is 4.74 Å². The first-order chi connectivity index (χ1) is 17.3. The van der Waals surface area contributed by atoms with Gasteiger partial charge in [-0.05, 0) is 18.2 Å². The minimum atomic E-state index is -4.24. The second kappa shape index (κ2) is 8.82. The average molecular weight is 507 g/mol. The van der Waals surface area contributed by atoms with Crippen molar-refractivity contribution in [2.75, 3.05) is 7.11 Å². The molecule has 4 heterocycles. The number of fused-ring (bicyclic) bond motifs is 1. The first-order valence-electron chi connectivity index (χ1n) is 10.3. The third-order valence-electron chi connectivity index (χ3n) is 5.47. The van der Waals surface area contributed by atoms with E-state index in [0.717, 1.165) is 12.3 Å². The van der Waals surface area contributed by atoms with Gasteiger partial charge in [-0.1, -0.05) is 6.07 Å². The summed E-state index contributed by atoms with van der Waals surface area (Å²) in [6.45, 7) is 0. The Morgan fingerprint density at radius 1 is 1.11 bits per heavy atom. The standard InChI is InChI=1S/C23H15F2N7O3S/c1-35-23-18(8-12(24)10-30-23)36(33,34)11-17-16(9-26)13(4-5-27-17)14-2-3-15-20(19(14)25)31-32-21(15)22-28-6-7-29-22/h2-8,10H,11H2,1H3,(H,28,29)(H,31,32). The number of ether oxygens (including phenoxy) is 1. The Kier molecular flexibility index (Phi) is 5.65. The molecule has 36 heavy (non-hydrogen) atoms. The molecule has 1 aromatic carbocycles. The Morgan fingerprint density at radius 2 is 1.94 bits per heavy atom. The minimum absolute atomic E-state index is 0.0179. The lowest BCUT2D eigenvalue weighted by Gasteiger charge is -2.12. The third kappa shape index (κ3) is 3.83. The zero-order valence-corrected chi connectivity index (χ0v) is 19.3. The smallest absolute Gasteiger partial charge is 0.232 e. The van der Waals surface area contributed by atoms with Gasteiger partial charge in [-0.15, -0.1) is 0 Å². The number of benzene rings is 1. The molecule has 0 bridgehead atoms. The van der Waals surface area contributed by atoms with Gasteiger partial charge >= 0.3 is 0 Å². The van der Waals surface area contributed by atoms with Crippen LogP contribution in [0.4, 0.5) is 8.78 Å². The SMILES string of the molecule is COc1ncc(F)cc1S(=O)(=O)Cc1nccc(-c2ccc3c(-c4ncc[nH]4)[nH]nc3c2F)c1C#N. The Morgan fingerprint density at radius 3 is 2.67 bits per heavy atom. The van der Waals surface area contributed by atoms with Crippen LogP contribution in [0.2, 0.25) is 0 Å². The first kappa shape index (κ1) is 23.1. The van der Waals surface area contributed by atoms with Crippen LogP contribution in [-0.4, -0.2) is 45.7 Å². The van der Waals surface area contributed by atoms with Gasteiger partial charge in [0.1, 0.15) is 28.0 Å². The lowest BCUT2D eigenvalue weighted by molar-refractivity contribution is 0.382. The molecule has 0 saturated carbocycles. The van der Waals surface area contributed by atoms with E-state index in [2.05, 4.69) is 30.1 Å². The van der Waals surface area contributed by atoms with Crippen LogP contribution in [0.5, 0.6) is 5.88 Å². The summed E-state index contributed by atoms with van der Waals surface area (Å²) in [4.78, 5) is 14.3. The van der Waals surface area contributed by atoms with Crippen molar-refractivity contribution in [3.05, 3.63) is 71.9 Å². The molecule has 0 aliphatic heterocycles. The number of pyridine rings is 2. The van der Waals surface area contributed by atoms with Crippen LogP contribution in [0.25, 0.3) is 33.5 Å². The number of nitriles is 1.